The molecule has 0 unspecified atom stereocenters. The first kappa shape index (κ1) is 21.0. The smallest absolute Gasteiger partial charge is 0.310 e. The minimum atomic E-state index is -2.85. The lowest BCUT2D eigenvalue weighted by molar-refractivity contribution is -0.385. The number of alkyl halides is 2. The van der Waals surface area contributed by atoms with Crippen LogP contribution in [-0.2, 0) is 6.61 Å². The van der Waals surface area contributed by atoms with Crippen LogP contribution in [0.2, 0.25) is 0 Å². The van der Waals surface area contributed by atoms with E-state index in [2.05, 4.69) is 15.3 Å². The van der Waals surface area contributed by atoms with Crippen molar-refractivity contribution in [1.29, 1.82) is 0 Å². The topological polar surface area (TPSA) is 108 Å². The number of aromatic nitrogens is 3. The van der Waals surface area contributed by atoms with Crippen LogP contribution in [-0.4, -0.2) is 33.1 Å². The third-order valence-corrected chi connectivity index (χ3v) is 4.21. The second-order valence-electron chi connectivity index (χ2n) is 5.83. The van der Waals surface area contributed by atoms with Gasteiger partial charge in [0.2, 0.25) is 10.6 Å². The second-order valence-corrected chi connectivity index (χ2v) is 6.22. The number of benzene rings is 2. The number of rotatable bonds is 8. The van der Waals surface area contributed by atoms with Gasteiger partial charge in [0.1, 0.15) is 12.4 Å². The van der Waals surface area contributed by atoms with Crippen molar-refractivity contribution in [2.45, 2.75) is 13.0 Å². The molecule has 0 aliphatic rings. The van der Waals surface area contributed by atoms with Crippen LogP contribution in [0.25, 0.3) is 0 Å². The van der Waals surface area contributed by atoms with Crippen LogP contribution in [0.4, 0.5) is 14.5 Å². The zero-order chi connectivity index (χ0) is 21.7. The molecule has 0 spiro atoms. The molecule has 12 heteroatoms. The largest absolute Gasteiger partial charge is 0.496 e. The van der Waals surface area contributed by atoms with Gasteiger partial charge in [0, 0.05) is 11.6 Å². The van der Waals surface area contributed by atoms with Gasteiger partial charge in [-0.15, -0.1) is 0 Å². The Morgan fingerprint density at radius 1 is 1.33 bits per heavy atom. The molecule has 0 bridgehead atoms. The molecule has 0 amide bonds. The summed E-state index contributed by atoms with van der Waals surface area (Å²) in [6, 6.07) is 10.9. The van der Waals surface area contributed by atoms with E-state index in [0.717, 1.165) is 4.68 Å². The maximum Gasteiger partial charge on any atom is 0.310 e. The Hall–Kier alpha value is -3.67. The monoisotopic (exact) mass is 435 g/mol. The number of nitro benzene ring substituents is 1. The molecule has 0 saturated carbocycles. The van der Waals surface area contributed by atoms with E-state index in [1.165, 1.54) is 31.5 Å². The maximum atomic E-state index is 13.0. The number of methoxy groups -OCH3 is 1. The first-order chi connectivity index (χ1) is 14.4. The summed E-state index contributed by atoms with van der Waals surface area (Å²) in [6.07, 6.45) is -1.53. The van der Waals surface area contributed by atoms with Gasteiger partial charge >= 0.3 is 5.69 Å². The number of aromatic amines is 1. The number of nitro groups is 1. The van der Waals surface area contributed by atoms with E-state index in [-0.39, 0.29) is 22.8 Å². The predicted octanol–water partition coefficient (Wildman–Crippen LogP) is 4.26. The lowest BCUT2D eigenvalue weighted by Gasteiger charge is -2.11. The molecule has 3 aromatic rings. The first-order valence-electron chi connectivity index (χ1n) is 8.43. The quantitative estimate of drug-likeness (QED) is 0.245. The van der Waals surface area contributed by atoms with E-state index >= 15 is 0 Å². The first-order valence-corrected chi connectivity index (χ1v) is 8.84. The zero-order valence-electron chi connectivity index (χ0n) is 15.5. The van der Waals surface area contributed by atoms with Gasteiger partial charge in [0.15, 0.2) is 5.75 Å². The zero-order valence-corrected chi connectivity index (χ0v) is 16.3. The summed E-state index contributed by atoms with van der Waals surface area (Å²) < 4.78 is 37.6. The number of nitrogens with zero attached hydrogens (tertiary/aromatic N) is 4. The van der Waals surface area contributed by atoms with Crippen molar-refractivity contribution in [2.75, 3.05) is 7.11 Å². The number of halogens is 2. The summed E-state index contributed by atoms with van der Waals surface area (Å²) in [6.45, 7) is -0.0247. The fourth-order valence-electron chi connectivity index (χ4n) is 2.56. The number of nitrogens with one attached hydrogen (secondary N) is 1. The van der Waals surface area contributed by atoms with Crippen LogP contribution in [0.1, 0.15) is 23.4 Å². The second kappa shape index (κ2) is 9.22. The van der Waals surface area contributed by atoms with Gasteiger partial charge in [0.05, 0.1) is 18.2 Å². The van der Waals surface area contributed by atoms with Gasteiger partial charge in [-0.25, -0.2) is 13.9 Å². The highest BCUT2D eigenvalue weighted by molar-refractivity contribution is 7.71. The van der Waals surface area contributed by atoms with Crippen molar-refractivity contribution in [3.05, 3.63) is 74.3 Å². The molecule has 1 heterocycles. The number of hydrogen-bond acceptors (Lipinski definition) is 7. The number of H-pyrrole nitrogens is 1. The molecule has 0 aliphatic carbocycles. The molecule has 0 fully saturated rings. The van der Waals surface area contributed by atoms with Gasteiger partial charge in [-0.2, -0.15) is 14.9 Å². The van der Waals surface area contributed by atoms with Crippen LogP contribution in [0.5, 0.6) is 11.5 Å². The van der Waals surface area contributed by atoms with Gasteiger partial charge < -0.3 is 9.47 Å². The Labute approximate surface area is 173 Å². The standard InChI is InChI=1S/C18H15F2N5O4S/c1-28-14-7-6-11(9-21-24-17(16(19)20)22-23-18(24)30)8-12(14)10-29-15-5-3-2-4-13(15)25(26)27/h2-9,16H,10H2,1H3,(H,23,30)/b21-9-. The van der Waals surface area contributed by atoms with Gasteiger partial charge in [0.25, 0.3) is 6.43 Å². The van der Waals surface area contributed by atoms with Crippen molar-refractivity contribution in [1.82, 2.24) is 14.9 Å². The SMILES string of the molecule is COc1ccc(/C=N\n2c(C(F)F)n[nH]c2=S)cc1COc1ccccc1[N+](=O)[O-]. The van der Waals surface area contributed by atoms with Crippen molar-refractivity contribution < 1.29 is 23.2 Å². The Morgan fingerprint density at radius 2 is 2.10 bits per heavy atom. The lowest BCUT2D eigenvalue weighted by atomic mass is 10.1. The van der Waals surface area contributed by atoms with Crippen molar-refractivity contribution in [3.8, 4) is 11.5 Å². The third kappa shape index (κ3) is 4.66. The van der Waals surface area contributed by atoms with E-state index in [9.17, 15) is 18.9 Å². The van der Waals surface area contributed by atoms with E-state index in [0.29, 0.717) is 16.9 Å². The molecule has 9 nitrogen and oxygen atoms in total. The summed E-state index contributed by atoms with van der Waals surface area (Å²) in [4.78, 5) is 10.6. The number of hydrogen-bond donors (Lipinski definition) is 1. The number of para-hydroxylation sites is 2. The van der Waals surface area contributed by atoms with Gasteiger partial charge in [-0.3, -0.25) is 10.1 Å². The minimum absolute atomic E-state index is 0.0247. The summed E-state index contributed by atoms with van der Waals surface area (Å²) in [5.74, 6) is -0.0152. The molecule has 0 radical (unpaired) electrons. The van der Waals surface area contributed by atoms with Crippen molar-refractivity contribution in [3.63, 3.8) is 0 Å². The molecule has 0 saturated heterocycles. The van der Waals surface area contributed by atoms with E-state index < -0.39 is 17.2 Å². The molecule has 30 heavy (non-hydrogen) atoms. The molecule has 2 aromatic carbocycles. The van der Waals surface area contributed by atoms with Crippen molar-refractivity contribution >= 4 is 24.1 Å². The summed E-state index contributed by atoms with van der Waals surface area (Å²) in [7, 11) is 1.47. The predicted molar refractivity (Wildman–Crippen MR) is 106 cm³/mol. The Balaban J connectivity index is 1.85. The van der Waals surface area contributed by atoms with E-state index in [4.69, 9.17) is 21.7 Å². The van der Waals surface area contributed by atoms with Gasteiger partial charge in [-0.05, 0) is 42.0 Å². The Bertz CT molecular complexity index is 1150. The normalized spacial score (nSPS) is 11.2. The average Bonchev–Trinajstić information content (AvgIpc) is 3.11. The molecule has 1 aromatic heterocycles. The van der Waals surface area contributed by atoms with Crippen LogP contribution in [0.3, 0.4) is 0 Å². The summed E-state index contributed by atoms with van der Waals surface area (Å²) >= 11 is 4.90. The molecule has 0 atom stereocenters. The Kier molecular flexibility index (Phi) is 6.47. The van der Waals surface area contributed by atoms with E-state index in [1.54, 1.807) is 24.3 Å². The molecular formula is C18H15F2N5O4S. The molecule has 3 rings (SSSR count). The molecule has 1 N–H and O–H groups in total. The lowest BCUT2D eigenvalue weighted by Crippen LogP contribution is -2.03. The molecule has 156 valence electrons. The maximum absolute atomic E-state index is 13.0. The third-order valence-electron chi connectivity index (χ3n) is 3.94. The molecular weight excluding hydrogens is 420 g/mol. The summed E-state index contributed by atoms with van der Waals surface area (Å²) in [5.41, 5.74) is 0.952. The van der Waals surface area contributed by atoms with Crippen LogP contribution < -0.4 is 9.47 Å². The fourth-order valence-corrected chi connectivity index (χ4v) is 2.74. The fraction of sp³-hybridized carbons (Fsp3) is 0.167. The van der Waals surface area contributed by atoms with Crippen molar-refractivity contribution in [2.24, 2.45) is 5.10 Å². The number of ether oxygens (including phenoxy) is 2. The highest BCUT2D eigenvalue weighted by Gasteiger charge is 2.17. The highest BCUT2D eigenvalue weighted by atomic mass is 32.1. The Morgan fingerprint density at radius 3 is 2.80 bits per heavy atom. The van der Waals surface area contributed by atoms with Crippen LogP contribution in [0, 0.1) is 14.9 Å². The van der Waals surface area contributed by atoms with Gasteiger partial charge in [-0.1, -0.05) is 12.1 Å². The average molecular weight is 435 g/mol. The van der Waals surface area contributed by atoms with Crippen LogP contribution >= 0.6 is 12.2 Å². The van der Waals surface area contributed by atoms with Crippen LogP contribution in [0.15, 0.2) is 47.6 Å². The van der Waals surface area contributed by atoms with E-state index in [1.807, 2.05) is 0 Å². The highest BCUT2D eigenvalue weighted by Crippen LogP contribution is 2.28. The molecule has 0 aliphatic heterocycles. The minimum Gasteiger partial charge on any atom is -0.496 e. The summed E-state index contributed by atoms with van der Waals surface area (Å²) in [5, 5.41) is 20.8.